The van der Waals surface area contributed by atoms with Gasteiger partial charge in [-0.25, -0.2) is 0 Å². The second kappa shape index (κ2) is 21.0. The molecule has 90 heavy (non-hydrogen) atoms. The molecule has 4 aliphatic heterocycles. The van der Waals surface area contributed by atoms with E-state index in [1.807, 2.05) is 0 Å². The van der Waals surface area contributed by atoms with Gasteiger partial charge in [-0.05, 0) is 241 Å². The van der Waals surface area contributed by atoms with Crippen LogP contribution in [0.4, 0.5) is 68.2 Å². The van der Waals surface area contributed by atoms with Crippen LogP contribution in [0.3, 0.4) is 0 Å². The minimum atomic E-state index is -0.176. The number of rotatable bonds is 8. The zero-order valence-electron chi connectivity index (χ0n) is 54.9. The highest BCUT2D eigenvalue weighted by Crippen LogP contribution is 2.53. The summed E-state index contributed by atoms with van der Waals surface area (Å²) in [6, 6.07) is 65.1. The summed E-state index contributed by atoms with van der Waals surface area (Å²) in [7, 11) is 0. The van der Waals surface area contributed by atoms with E-state index in [1.165, 1.54) is 122 Å². The Bertz CT molecular complexity index is 4530. The summed E-state index contributed by atoms with van der Waals surface area (Å²) in [5.74, 6) is 3.34. The topological polar surface area (TPSA) is 31.4 Å². The molecule has 4 heterocycles. The van der Waals surface area contributed by atoms with Gasteiger partial charge in [0.2, 0.25) is 0 Å². The average Bonchev–Trinajstić information content (AvgIpc) is 0.690. The number of fused-ring (bicyclic) bond motifs is 8. The summed E-state index contributed by atoms with van der Waals surface area (Å²) in [6.45, 7) is 35.2. The van der Waals surface area contributed by atoms with E-state index in [9.17, 15) is 0 Å². The van der Waals surface area contributed by atoms with Gasteiger partial charge in [0.25, 0.3) is 13.4 Å². The molecule has 0 aromatic heterocycles. The fraction of sp³-hybridized carbons (Fsp3) is 0.195. The predicted molar refractivity (Wildman–Crippen MR) is 383 cm³/mol. The van der Waals surface area contributed by atoms with Crippen LogP contribution in [0.25, 0.3) is 0 Å². The van der Waals surface area contributed by atoms with Gasteiger partial charge in [-0.3, -0.25) is 0 Å². The molecule has 0 aliphatic carbocycles. The van der Waals surface area contributed by atoms with Crippen molar-refractivity contribution in [1.29, 1.82) is 0 Å². The van der Waals surface area contributed by atoms with E-state index in [2.05, 4.69) is 300 Å². The lowest BCUT2D eigenvalue weighted by molar-refractivity contribution is 0.475. The smallest absolute Gasteiger partial charge is 0.252 e. The molecule has 0 saturated carbocycles. The summed E-state index contributed by atoms with van der Waals surface area (Å²) in [6.07, 6.45) is 0. The number of hydrogen-bond acceptors (Lipinski definition) is 6. The number of para-hydroxylation sites is 2. The number of nitrogens with zero attached hydrogens (tertiary/aromatic N) is 4. The van der Waals surface area contributed by atoms with E-state index in [-0.39, 0.29) is 13.4 Å². The van der Waals surface area contributed by atoms with Gasteiger partial charge in [0.1, 0.15) is 23.0 Å². The molecule has 15 rings (SSSR count). The van der Waals surface area contributed by atoms with Crippen molar-refractivity contribution in [2.75, 3.05) is 19.6 Å². The third-order valence-electron chi connectivity index (χ3n) is 19.6. The first kappa shape index (κ1) is 56.8. The van der Waals surface area contributed by atoms with Gasteiger partial charge in [0.15, 0.2) is 0 Å². The van der Waals surface area contributed by atoms with Gasteiger partial charge < -0.3 is 29.1 Å². The molecule has 8 heteroatoms. The van der Waals surface area contributed by atoms with Crippen molar-refractivity contribution < 1.29 is 9.47 Å². The van der Waals surface area contributed by atoms with Crippen LogP contribution in [-0.2, 0) is 0 Å². The Morgan fingerprint density at radius 3 is 0.889 bits per heavy atom. The Morgan fingerprint density at radius 1 is 0.233 bits per heavy atom. The van der Waals surface area contributed by atoms with E-state index in [1.54, 1.807) is 0 Å². The second-order valence-electron chi connectivity index (χ2n) is 26.8. The van der Waals surface area contributed by atoms with E-state index in [0.29, 0.717) is 0 Å². The van der Waals surface area contributed by atoms with E-state index >= 15 is 0 Å². The molecule has 4 aliphatic rings. The van der Waals surface area contributed by atoms with Crippen molar-refractivity contribution in [3.63, 3.8) is 0 Å². The van der Waals surface area contributed by atoms with Crippen molar-refractivity contribution in [2.24, 2.45) is 0 Å². The molecule has 0 bridgehead atoms. The normalized spacial score (nSPS) is 13.2. The van der Waals surface area contributed by atoms with E-state index < -0.39 is 0 Å². The third kappa shape index (κ3) is 8.83. The maximum absolute atomic E-state index is 7.40. The molecule has 0 atom stereocenters. The lowest BCUT2D eigenvalue weighted by Crippen LogP contribution is -2.65. The van der Waals surface area contributed by atoms with Crippen LogP contribution in [0, 0.1) is 111 Å². The molecule has 0 radical (unpaired) electrons. The molecule has 11 aromatic rings. The van der Waals surface area contributed by atoms with Crippen molar-refractivity contribution in [3.8, 4) is 23.0 Å². The first-order valence-electron chi connectivity index (χ1n) is 31.9. The molecule has 6 nitrogen and oxygen atoms in total. The van der Waals surface area contributed by atoms with Crippen LogP contribution in [0.1, 0.15) is 89.0 Å². The van der Waals surface area contributed by atoms with Crippen molar-refractivity contribution in [2.45, 2.75) is 111 Å². The molecule has 0 spiro atoms. The van der Waals surface area contributed by atoms with Crippen LogP contribution < -0.4 is 61.9 Å². The third-order valence-corrected chi connectivity index (χ3v) is 19.6. The van der Waals surface area contributed by atoms with Gasteiger partial charge in [0.05, 0.1) is 11.4 Å². The Hall–Kier alpha value is -9.65. The maximum Gasteiger partial charge on any atom is 0.252 e. The van der Waals surface area contributed by atoms with Crippen LogP contribution >= 0.6 is 0 Å². The minimum Gasteiger partial charge on any atom is -0.457 e. The molecular weight excluding hydrogens is 1090 g/mol. The van der Waals surface area contributed by atoms with Crippen LogP contribution in [0.5, 0.6) is 23.0 Å². The van der Waals surface area contributed by atoms with Gasteiger partial charge in [0, 0.05) is 81.1 Å². The highest BCUT2D eigenvalue weighted by molar-refractivity contribution is 7.03. The summed E-state index contributed by atoms with van der Waals surface area (Å²) in [5.41, 5.74) is 40.2. The quantitative estimate of drug-likeness (QED) is 0.141. The maximum atomic E-state index is 7.40. The summed E-state index contributed by atoms with van der Waals surface area (Å²) < 4.78 is 14.8. The summed E-state index contributed by atoms with van der Waals surface area (Å²) in [4.78, 5) is 10.3. The van der Waals surface area contributed by atoms with Gasteiger partial charge >= 0.3 is 0 Å². The Balaban J connectivity index is 1.09. The number of benzene rings is 11. The van der Waals surface area contributed by atoms with Gasteiger partial charge in [-0.1, -0.05) is 138 Å². The van der Waals surface area contributed by atoms with Gasteiger partial charge in [-0.15, -0.1) is 0 Å². The Labute approximate surface area is 533 Å². The predicted octanol–water partition coefficient (Wildman–Crippen LogP) is 18.4. The van der Waals surface area contributed by atoms with Crippen LogP contribution in [-0.4, -0.2) is 13.4 Å². The molecule has 0 N–H and O–H groups in total. The number of anilines is 12. The fourth-order valence-corrected chi connectivity index (χ4v) is 16.3. The van der Waals surface area contributed by atoms with Crippen molar-refractivity contribution in [3.05, 3.63) is 259 Å². The second-order valence-corrected chi connectivity index (χ2v) is 26.8. The highest BCUT2D eigenvalue weighted by Gasteiger charge is 2.49. The first-order chi connectivity index (χ1) is 43.2. The van der Waals surface area contributed by atoms with Gasteiger partial charge in [-0.2, -0.15) is 0 Å². The molecule has 0 amide bonds. The number of hydrogen-bond donors (Lipinski definition) is 0. The van der Waals surface area contributed by atoms with Crippen molar-refractivity contribution in [1.82, 2.24) is 0 Å². The summed E-state index contributed by atoms with van der Waals surface area (Å²) >= 11 is 0. The summed E-state index contributed by atoms with van der Waals surface area (Å²) in [5, 5.41) is 0. The zero-order valence-corrected chi connectivity index (χ0v) is 54.9. The molecule has 0 saturated heterocycles. The SMILES string of the molecule is Cc1cc(C)c(Oc2cc3c4c(c2)N(c2c(C)cc(C)cc2C)c2cc(C)ccc2B4c2cc4c(cc2N3c2ccccc2C)N(c2ccccc2C)c2cc(Oc3c(C)cc(C)cc3C)cc3c2B4c2ccc(C)cc2N3c2c(C)cc(C)cc2C)c(C)c1. The fourth-order valence-electron chi connectivity index (χ4n) is 16.3. The Morgan fingerprint density at radius 2 is 0.544 bits per heavy atom. The van der Waals surface area contributed by atoms with Crippen LogP contribution in [0.2, 0.25) is 0 Å². The largest absolute Gasteiger partial charge is 0.457 e. The number of aryl methyl sites for hydroxylation is 16. The van der Waals surface area contributed by atoms with Crippen molar-refractivity contribution >= 4 is 114 Å². The monoisotopic (exact) mass is 1170 g/mol. The number of ether oxygens (including phenoxy) is 2. The molecular formula is C82H76B2N4O2. The molecule has 11 aromatic carbocycles. The average molecular weight is 1170 g/mol. The lowest BCUT2D eigenvalue weighted by Gasteiger charge is -2.48. The Kier molecular flexibility index (Phi) is 13.3. The highest BCUT2D eigenvalue weighted by atomic mass is 16.5. The molecule has 0 unspecified atom stereocenters. The standard InChI is InChI=1S/C82H76B2N4O2/c1-45-25-27-63-69(37-45)87(79-53(9)29-47(3)30-54(79)10)75-41-61(89-81-57(13)33-49(5)34-58(81)14)39-73-77(75)83(63)65-43-66-72(44-71(65)85(73)67-23-19-17-21-51(67)7)86(68-24-20-18-22-52(68)8)74-40-62(90-82-59(15)35-50(6)36-60(82)16)42-76-78(74)84(66)64-28-26-46(2)38-70(64)88(76)80-55(11)31-48(4)32-56(80)12/h17-44H,1-16H3. The first-order valence-corrected chi connectivity index (χ1v) is 31.9. The van der Waals surface area contributed by atoms with Crippen LogP contribution in [0.15, 0.2) is 170 Å². The lowest BCUT2D eigenvalue weighted by atomic mass is 9.30. The zero-order chi connectivity index (χ0) is 62.6. The molecule has 442 valence electrons. The minimum absolute atomic E-state index is 0.176. The van der Waals surface area contributed by atoms with E-state index in [4.69, 9.17) is 9.47 Å². The van der Waals surface area contributed by atoms with E-state index in [0.717, 1.165) is 90.8 Å². The molecule has 0 fully saturated rings.